The van der Waals surface area contributed by atoms with Gasteiger partial charge in [0.15, 0.2) is 0 Å². The van der Waals surface area contributed by atoms with Gasteiger partial charge in [0.2, 0.25) is 0 Å². The molecule has 2 bridgehead atoms. The monoisotopic (exact) mass is 180 g/mol. The second-order valence-electron chi connectivity index (χ2n) is 5.20. The van der Waals surface area contributed by atoms with Gasteiger partial charge in [0.1, 0.15) is 0 Å². The Morgan fingerprint density at radius 3 is 2.69 bits per heavy atom. The van der Waals surface area contributed by atoms with Gasteiger partial charge in [-0.05, 0) is 50.4 Å². The molecule has 0 aromatic carbocycles. The van der Waals surface area contributed by atoms with Gasteiger partial charge >= 0.3 is 0 Å². The molecule has 2 saturated carbocycles. The molecule has 0 aromatic rings. The molecule has 2 fully saturated rings. The Labute approximate surface area is 80.8 Å². The lowest BCUT2D eigenvalue weighted by molar-refractivity contribution is 0.0697. The zero-order valence-electron chi connectivity index (χ0n) is 8.50. The summed E-state index contributed by atoms with van der Waals surface area (Å²) in [6.07, 6.45) is 8.25. The Bertz CT molecular complexity index is 207. The minimum atomic E-state index is -0.630. The fraction of sp³-hybridized carbons (Fsp3) is 0.833. The summed E-state index contributed by atoms with van der Waals surface area (Å²) in [4.78, 5) is 0. The molecule has 2 aliphatic rings. The first-order valence-electron chi connectivity index (χ1n) is 5.47. The fourth-order valence-corrected chi connectivity index (χ4v) is 3.24. The molecule has 2 rings (SSSR count). The summed E-state index contributed by atoms with van der Waals surface area (Å²) in [5, 5.41) is 9.89. The van der Waals surface area contributed by atoms with E-state index >= 15 is 0 Å². The standard InChI is InChI=1S/C12H20O/c1-3-12(2,13)8-11-7-9-4-5-10(11)6-9/h3,9-11,13H,1,4-8H2,2H3/t9-,10-,11-,12-/m0/s1. The van der Waals surface area contributed by atoms with Crippen molar-refractivity contribution in [1.29, 1.82) is 0 Å². The minimum absolute atomic E-state index is 0.630. The summed E-state index contributed by atoms with van der Waals surface area (Å²) in [5.74, 6) is 2.67. The van der Waals surface area contributed by atoms with Crippen LogP contribution < -0.4 is 0 Å². The first-order valence-corrected chi connectivity index (χ1v) is 5.47. The van der Waals surface area contributed by atoms with E-state index in [4.69, 9.17) is 0 Å². The zero-order valence-corrected chi connectivity index (χ0v) is 8.50. The van der Waals surface area contributed by atoms with Crippen LogP contribution in [0.2, 0.25) is 0 Å². The molecule has 0 spiro atoms. The summed E-state index contributed by atoms with van der Waals surface area (Å²) >= 11 is 0. The maximum atomic E-state index is 9.89. The van der Waals surface area contributed by atoms with Gasteiger partial charge in [0.25, 0.3) is 0 Å². The highest BCUT2D eigenvalue weighted by Gasteiger charge is 2.41. The van der Waals surface area contributed by atoms with Crippen molar-refractivity contribution in [2.24, 2.45) is 17.8 Å². The topological polar surface area (TPSA) is 20.2 Å². The summed E-state index contributed by atoms with van der Waals surface area (Å²) < 4.78 is 0. The van der Waals surface area contributed by atoms with Crippen LogP contribution in [0.3, 0.4) is 0 Å². The van der Waals surface area contributed by atoms with Crippen molar-refractivity contribution >= 4 is 0 Å². The Kier molecular flexibility index (Phi) is 2.23. The van der Waals surface area contributed by atoms with Crippen molar-refractivity contribution < 1.29 is 5.11 Å². The van der Waals surface area contributed by atoms with Crippen LogP contribution in [-0.4, -0.2) is 10.7 Å². The molecule has 0 aromatic heterocycles. The van der Waals surface area contributed by atoms with Crippen LogP contribution in [0.5, 0.6) is 0 Å². The SMILES string of the molecule is C=C[C@](C)(O)C[C@@H]1C[C@H]2CC[C@H]1C2. The average molecular weight is 180 g/mol. The number of hydrogen-bond donors (Lipinski definition) is 1. The molecule has 0 unspecified atom stereocenters. The van der Waals surface area contributed by atoms with E-state index in [0.717, 1.165) is 24.2 Å². The van der Waals surface area contributed by atoms with Crippen LogP contribution in [-0.2, 0) is 0 Å². The fourth-order valence-electron chi connectivity index (χ4n) is 3.24. The van der Waals surface area contributed by atoms with Crippen LogP contribution >= 0.6 is 0 Å². The van der Waals surface area contributed by atoms with Crippen molar-refractivity contribution in [3.05, 3.63) is 12.7 Å². The van der Waals surface area contributed by atoms with Crippen molar-refractivity contribution in [1.82, 2.24) is 0 Å². The number of aliphatic hydroxyl groups is 1. The molecule has 13 heavy (non-hydrogen) atoms. The summed E-state index contributed by atoms with van der Waals surface area (Å²) in [6.45, 7) is 5.57. The van der Waals surface area contributed by atoms with Crippen molar-refractivity contribution in [3.8, 4) is 0 Å². The first kappa shape index (κ1) is 9.26. The van der Waals surface area contributed by atoms with Gasteiger partial charge in [-0.2, -0.15) is 0 Å². The highest BCUT2D eigenvalue weighted by atomic mass is 16.3. The van der Waals surface area contributed by atoms with Gasteiger partial charge in [-0.25, -0.2) is 0 Å². The Hall–Kier alpha value is -0.300. The van der Waals surface area contributed by atoms with E-state index in [1.165, 1.54) is 25.7 Å². The van der Waals surface area contributed by atoms with Crippen LogP contribution in [0.4, 0.5) is 0 Å². The molecule has 4 atom stereocenters. The van der Waals surface area contributed by atoms with Crippen molar-refractivity contribution in [3.63, 3.8) is 0 Å². The lowest BCUT2D eigenvalue weighted by Gasteiger charge is -2.28. The highest BCUT2D eigenvalue weighted by Crippen LogP contribution is 2.50. The van der Waals surface area contributed by atoms with Crippen LogP contribution in [0.15, 0.2) is 12.7 Å². The number of fused-ring (bicyclic) bond motifs is 2. The molecule has 1 heteroatoms. The van der Waals surface area contributed by atoms with Gasteiger partial charge in [0.05, 0.1) is 5.60 Å². The van der Waals surface area contributed by atoms with Crippen molar-refractivity contribution in [2.45, 2.75) is 44.6 Å². The Morgan fingerprint density at radius 1 is 1.46 bits per heavy atom. The molecule has 0 amide bonds. The molecule has 0 aliphatic heterocycles. The average Bonchev–Trinajstić information content (AvgIpc) is 2.64. The molecule has 0 heterocycles. The van der Waals surface area contributed by atoms with Crippen LogP contribution in [0, 0.1) is 17.8 Å². The van der Waals surface area contributed by atoms with E-state index in [0.29, 0.717) is 0 Å². The smallest absolute Gasteiger partial charge is 0.0799 e. The minimum Gasteiger partial charge on any atom is -0.386 e. The predicted octanol–water partition coefficient (Wildman–Crippen LogP) is 2.75. The van der Waals surface area contributed by atoms with Crippen LogP contribution in [0.25, 0.3) is 0 Å². The van der Waals surface area contributed by atoms with Gasteiger partial charge in [0, 0.05) is 0 Å². The molecule has 1 nitrogen and oxygen atoms in total. The molecule has 74 valence electrons. The highest BCUT2D eigenvalue weighted by molar-refractivity contribution is 4.98. The van der Waals surface area contributed by atoms with Crippen LogP contribution in [0.1, 0.15) is 39.0 Å². The number of hydrogen-bond acceptors (Lipinski definition) is 1. The molecular weight excluding hydrogens is 160 g/mol. The third-order valence-electron chi connectivity index (χ3n) is 4.00. The zero-order chi connectivity index (χ0) is 9.47. The van der Waals surface area contributed by atoms with Gasteiger partial charge in [-0.1, -0.05) is 12.5 Å². The lowest BCUT2D eigenvalue weighted by Crippen LogP contribution is -2.27. The molecule has 2 aliphatic carbocycles. The Morgan fingerprint density at radius 2 is 2.23 bits per heavy atom. The van der Waals surface area contributed by atoms with E-state index in [-0.39, 0.29) is 0 Å². The van der Waals surface area contributed by atoms with E-state index in [9.17, 15) is 5.11 Å². The van der Waals surface area contributed by atoms with Gasteiger partial charge in [-0.15, -0.1) is 6.58 Å². The van der Waals surface area contributed by atoms with E-state index in [1.807, 2.05) is 6.92 Å². The quantitative estimate of drug-likeness (QED) is 0.662. The molecule has 1 N–H and O–H groups in total. The molecule has 0 radical (unpaired) electrons. The largest absolute Gasteiger partial charge is 0.386 e. The summed E-state index contributed by atoms with van der Waals surface area (Å²) in [6, 6.07) is 0. The summed E-state index contributed by atoms with van der Waals surface area (Å²) in [5.41, 5.74) is -0.630. The van der Waals surface area contributed by atoms with E-state index in [1.54, 1.807) is 6.08 Å². The number of rotatable bonds is 3. The second-order valence-corrected chi connectivity index (χ2v) is 5.20. The first-order chi connectivity index (χ1) is 6.11. The molecule has 0 saturated heterocycles. The third-order valence-corrected chi connectivity index (χ3v) is 4.00. The lowest BCUT2D eigenvalue weighted by atomic mass is 9.81. The van der Waals surface area contributed by atoms with Gasteiger partial charge in [-0.3, -0.25) is 0 Å². The van der Waals surface area contributed by atoms with E-state index in [2.05, 4.69) is 6.58 Å². The maximum Gasteiger partial charge on any atom is 0.0799 e. The summed E-state index contributed by atoms with van der Waals surface area (Å²) in [7, 11) is 0. The second kappa shape index (κ2) is 3.13. The third kappa shape index (κ3) is 1.80. The maximum absolute atomic E-state index is 9.89. The van der Waals surface area contributed by atoms with Gasteiger partial charge < -0.3 is 5.11 Å². The predicted molar refractivity (Wildman–Crippen MR) is 54.4 cm³/mol. The Balaban J connectivity index is 1.93. The normalized spacial score (nSPS) is 41.8. The molecular formula is C12H20O. The van der Waals surface area contributed by atoms with E-state index < -0.39 is 5.60 Å². The van der Waals surface area contributed by atoms with Crippen molar-refractivity contribution in [2.75, 3.05) is 0 Å².